The van der Waals surface area contributed by atoms with E-state index in [4.69, 9.17) is 5.26 Å². The third-order valence-electron chi connectivity index (χ3n) is 3.83. The van der Waals surface area contributed by atoms with Gasteiger partial charge in [-0.3, -0.25) is 4.79 Å². The lowest BCUT2D eigenvalue weighted by Gasteiger charge is -2.10. The van der Waals surface area contributed by atoms with Crippen LogP contribution in [-0.4, -0.2) is 15.9 Å². The molecular formula is C20H17N5O. The highest BCUT2D eigenvalue weighted by molar-refractivity contribution is 6.03. The molecule has 6 heteroatoms. The molecule has 1 aromatic heterocycles. The SMILES string of the molecule is CCc1ccccc1NC(=O)c1cc(Nc2ccc(C#N)cc2)ncn1. The van der Waals surface area contributed by atoms with Gasteiger partial charge in [0.25, 0.3) is 5.91 Å². The van der Waals surface area contributed by atoms with Crippen molar-refractivity contribution in [2.24, 2.45) is 0 Å². The average molecular weight is 343 g/mol. The monoisotopic (exact) mass is 343 g/mol. The molecule has 3 rings (SSSR count). The number of aromatic nitrogens is 2. The number of para-hydroxylation sites is 1. The first kappa shape index (κ1) is 17.1. The first-order valence-electron chi connectivity index (χ1n) is 8.18. The second-order valence-electron chi connectivity index (χ2n) is 5.57. The van der Waals surface area contributed by atoms with Gasteiger partial charge in [-0.2, -0.15) is 5.26 Å². The quantitative estimate of drug-likeness (QED) is 0.733. The minimum absolute atomic E-state index is 0.266. The summed E-state index contributed by atoms with van der Waals surface area (Å²) in [6, 6.07) is 18.3. The normalized spacial score (nSPS) is 10.0. The summed E-state index contributed by atoms with van der Waals surface area (Å²) < 4.78 is 0. The average Bonchev–Trinajstić information content (AvgIpc) is 2.69. The van der Waals surface area contributed by atoms with E-state index in [0.29, 0.717) is 11.4 Å². The zero-order valence-corrected chi connectivity index (χ0v) is 14.2. The van der Waals surface area contributed by atoms with Gasteiger partial charge in [-0.15, -0.1) is 0 Å². The molecule has 0 aliphatic carbocycles. The molecule has 0 saturated carbocycles. The lowest BCUT2D eigenvalue weighted by atomic mass is 10.1. The fourth-order valence-electron chi connectivity index (χ4n) is 2.46. The minimum atomic E-state index is -0.295. The Morgan fingerprint density at radius 2 is 1.88 bits per heavy atom. The Morgan fingerprint density at radius 3 is 2.62 bits per heavy atom. The number of nitrogens with zero attached hydrogens (tertiary/aromatic N) is 3. The lowest BCUT2D eigenvalue weighted by molar-refractivity contribution is 0.102. The summed E-state index contributed by atoms with van der Waals surface area (Å²) in [6.07, 6.45) is 2.17. The van der Waals surface area contributed by atoms with Crippen LogP contribution in [0.2, 0.25) is 0 Å². The summed E-state index contributed by atoms with van der Waals surface area (Å²) in [4.78, 5) is 20.7. The molecular weight excluding hydrogens is 326 g/mol. The first-order chi connectivity index (χ1) is 12.7. The maximum atomic E-state index is 12.5. The number of benzene rings is 2. The third-order valence-corrected chi connectivity index (χ3v) is 3.83. The molecule has 0 saturated heterocycles. The van der Waals surface area contributed by atoms with Crippen molar-refractivity contribution in [2.45, 2.75) is 13.3 Å². The van der Waals surface area contributed by atoms with Crippen LogP contribution in [0.3, 0.4) is 0 Å². The van der Waals surface area contributed by atoms with Gasteiger partial charge < -0.3 is 10.6 Å². The maximum absolute atomic E-state index is 12.5. The number of hydrogen-bond donors (Lipinski definition) is 2. The minimum Gasteiger partial charge on any atom is -0.340 e. The highest BCUT2D eigenvalue weighted by atomic mass is 16.1. The van der Waals surface area contributed by atoms with Crippen LogP contribution in [0.4, 0.5) is 17.2 Å². The van der Waals surface area contributed by atoms with E-state index in [2.05, 4.69) is 26.7 Å². The summed E-state index contributed by atoms with van der Waals surface area (Å²) in [6.45, 7) is 2.04. The van der Waals surface area contributed by atoms with Gasteiger partial charge in [0.05, 0.1) is 11.6 Å². The predicted molar refractivity (Wildman–Crippen MR) is 100 cm³/mol. The highest BCUT2D eigenvalue weighted by Crippen LogP contribution is 2.18. The van der Waals surface area contributed by atoms with Crippen LogP contribution < -0.4 is 10.6 Å². The summed E-state index contributed by atoms with van der Waals surface area (Å²) in [5.74, 6) is 0.204. The number of rotatable bonds is 5. The summed E-state index contributed by atoms with van der Waals surface area (Å²) in [5.41, 5.74) is 3.45. The van der Waals surface area contributed by atoms with Crippen molar-refractivity contribution in [3.05, 3.63) is 77.7 Å². The molecule has 0 atom stereocenters. The molecule has 1 heterocycles. The van der Waals surface area contributed by atoms with E-state index in [1.807, 2.05) is 31.2 Å². The van der Waals surface area contributed by atoms with E-state index in [-0.39, 0.29) is 11.6 Å². The predicted octanol–water partition coefficient (Wildman–Crippen LogP) is 3.91. The fourth-order valence-corrected chi connectivity index (χ4v) is 2.46. The fraction of sp³-hybridized carbons (Fsp3) is 0.100. The largest absolute Gasteiger partial charge is 0.340 e. The Balaban J connectivity index is 1.75. The van der Waals surface area contributed by atoms with Crippen molar-refractivity contribution < 1.29 is 4.79 Å². The summed E-state index contributed by atoms with van der Waals surface area (Å²) >= 11 is 0. The molecule has 0 fully saturated rings. The molecule has 6 nitrogen and oxygen atoms in total. The molecule has 26 heavy (non-hydrogen) atoms. The van der Waals surface area contributed by atoms with Crippen LogP contribution >= 0.6 is 0 Å². The van der Waals surface area contributed by atoms with Gasteiger partial charge in [0, 0.05) is 17.4 Å². The molecule has 0 radical (unpaired) electrons. The van der Waals surface area contributed by atoms with Gasteiger partial charge in [-0.25, -0.2) is 9.97 Å². The number of hydrogen-bond acceptors (Lipinski definition) is 5. The van der Waals surface area contributed by atoms with E-state index in [1.54, 1.807) is 30.3 Å². The van der Waals surface area contributed by atoms with E-state index in [0.717, 1.165) is 23.4 Å². The number of carbonyl (C=O) groups is 1. The lowest BCUT2D eigenvalue weighted by Crippen LogP contribution is -2.15. The van der Waals surface area contributed by atoms with Crippen LogP contribution in [0, 0.1) is 11.3 Å². The Kier molecular flexibility index (Phi) is 5.20. The van der Waals surface area contributed by atoms with Gasteiger partial charge >= 0.3 is 0 Å². The van der Waals surface area contributed by atoms with Crippen LogP contribution in [0.5, 0.6) is 0 Å². The van der Waals surface area contributed by atoms with Crippen molar-refractivity contribution in [3.63, 3.8) is 0 Å². The number of anilines is 3. The van der Waals surface area contributed by atoms with Crippen molar-refractivity contribution in [3.8, 4) is 6.07 Å². The second kappa shape index (κ2) is 7.90. The van der Waals surface area contributed by atoms with Crippen molar-refractivity contribution in [2.75, 3.05) is 10.6 Å². The number of amides is 1. The smallest absolute Gasteiger partial charge is 0.274 e. The molecule has 2 aromatic carbocycles. The number of carbonyl (C=O) groups excluding carboxylic acids is 1. The summed E-state index contributed by atoms with van der Waals surface area (Å²) in [5, 5.41) is 14.8. The highest BCUT2D eigenvalue weighted by Gasteiger charge is 2.11. The molecule has 128 valence electrons. The van der Waals surface area contributed by atoms with Crippen LogP contribution in [0.1, 0.15) is 28.5 Å². The molecule has 0 unspecified atom stereocenters. The Labute approximate surface area is 151 Å². The first-order valence-corrected chi connectivity index (χ1v) is 8.18. The van der Waals surface area contributed by atoms with E-state index in [1.165, 1.54) is 6.33 Å². The van der Waals surface area contributed by atoms with Gasteiger partial charge in [-0.05, 0) is 42.3 Å². The Bertz CT molecular complexity index is 960. The number of nitrogens with one attached hydrogen (secondary N) is 2. The van der Waals surface area contributed by atoms with Crippen LogP contribution in [-0.2, 0) is 6.42 Å². The van der Waals surface area contributed by atoms with Gasteiger partial charge in [0.1, 0.15) is 17.8 Å². The van der Waals surface area contributed by atoms with Crippen LogP contribution in [0.25, 0.3) is 0 Å². The maximum Gasteiger partial charge on any atom is 0.274 e. The van der Waals surface area contributed by atoms with E-state index < -0.39 is 0 Å². The molecule has 0 aliphatic rings. The van der Waals surface area contributed by atoms with Gasteiger partial charge in [0.2, 0.25) is 0 Å². The Hall–Kier alpha value is -3.72. The second-order valence-corrected chi connectivity index (χ2v) is 5.57. The van der Waals surface area contributed by atoms with Crippen molar-refractivity contribution in [1.29, 1.82) is 5.26 Å². The molecule has 3 aromatic rings. The molecule has 0 aliphatic heterocycles. The molecule has 0 spiro atoms. The number of nitriles is 1. The van der Waals surface area contributed by atoms with Crippen molar-refractivity contribution in [1.82, 2.24) is 9.97 Å². The zero-order valence-electron chi connectivity index (χ0n) is 14.2. The van der Waals surface area contributed by atoms with E-state index in [9.17, 15) is 4.79 Å². The molecule has 2 N–H and O–H groups in total. The Morgan fingerprint density at radius 1 is 1.12 bits per heavy atom. The van der Waals surface area contributed by atoms with Crippen molar-refractivity contribution >= 4 is 23.1 Å². The van der Waals surface area contributed by atoms with Crippen LogP contribution in [0.15, 0.2) is 60.9 Å². The zero-order chi connectivity index (χ0) is 18.4. The molecule has 0 bridgehead atoms. The summed E-state index contributed by atoms with van der Waals surface area (Å²) in [7, 11) is 0. The molecule has 1 amide bonds. The van der Waals surface area contributed by atoms with Gasteiger partial charge in [0.15, 0.2) is 0 Å². The number of aryl methyl sites for hydroxylation is 1. The van der Waals surface area contributed by atoms with Gasteiger partial charge in [-0.1, -0.05) is 25.1 Å². The third kappa shape index (κ3) is 4.02. The van der Waals surface area contributed by atoms with E-state index >= 15 is 0 Å². The standard InChI is InChI=1S/C20H17N5O/c1-2-15-5-3-4-6-17(15)25-20(26)18-11-19(23-13-22-18)24-16-9-7-14(12-21)8-10-16/h3-11,13H,2H2,1H3,(H,25,26)(H,22,23,24). The topological polar surface area (TPSA) is 90.7 Å².